The van der Waals surface area contributed by atoms with E-state index in [2.05, 4.69) is 38.1 Å². The molecule has 0 aromatic heterocycles. The van der Waals surface area contributed by atoms with Crippen LogP contribution in [-0.2, 0) is 16.0 Å². The zero-order valence-electron chi connectivity index (χ0n) is 19.3. The number of methoxy groups -OCH3 is 2. The molecule has 8 heteroatoms. The molecule has 0 amide bonds. The third-order valence-electron chi connectivity index (χ3n) is 4.27. The van der Waals surface area contributed by atoms with Gasteiger partial charge in [-0.3, -0.25) is 0 Å². The van der Waals surface area contributed by atoms with Crippen LogP contribution in [0.15, 0.2) is 29.2 Å². The van der Waals surface area contributed by atoms with E-state index in [1.54, 1.807) is 14.2 Å². The average molecular weight is 456 g/mol. The van der Waals surface area contributed by atoms with Crippen LogP contribution in [0.3, 0.4) is 0 Å². The van der Waals surface area contributed by atoms with Crippen molar-refractivity contribution in [2.24, 2.45) is 0 Å². The van der Waals surface area contributed by atoms with Gasteiger partial charge in [0.1, 0.15) is 11.5 Å². The molecule has 0 aliphatic carbocycles. The fourth-order valence-corrected chi connectivity index (χ4v) is 3.66. The smallest absolute Gasteiger partial charge is 0.328 e. The predicted octanol–water partition coefficient (Wildman–Crippen LogP) is 4.58. The van der Waals surface area contributed by atoms with E-state index < -0.39 is 11.9 Å². The van der Waals surface area contributed by atoms with Crippen molar-refractivity contribution < 1.29 is 29.3 Å². The lowest BCUT2D eigenvalue weighted by atomic mass is 10.1. The minimum atomic E-state index is -1.26. The highest BCUT2D eigenvalue weighted by Gasteiger charge is 2.12. The Bertz CT molecular complexity index is 675. The maximum Gasteiger partial charge on any atom is 0.328 e. The number of rotatable bonds is 14. The van der Waals surface area contributed by atoms with Crippen LogP contribution in [0.25, 0.3) is 0 Å². The molecule has 0 spiro atoms. The van der Waals surface area contributed by atoms with Crippen molar-refractivity contribution >= 4 is 23.7 Å². The Kier molecular flexibility index (Phi) is 16.3. The fraction of sp³-hybridized carbons (Fsp3) is 0.565. The Labute approximate surface area is 190 Å². The summed E-state index contributed by atoms with van der Waals surface area (Å²) in [5, 5.41) is 15.6. The number of hydrogen-bond acceptors (Lipinski definition) is 6. The van der Waals surface area contributed by atoms with Crippen molar-refractivity contribution in [1.29, 1.82) is 0 Å². The number of carbonyl (C=O) groups is 2. The molecular weight excluding hydrogens is 418 g/mol. The first kappa shape index (κ1) is 28.8. The van der Waals surface area contributed by atoms with Gasteiger partial charge in [0, 0.05) is 18.7 Å². The van der Waals surface area contributed by atoms with Crippen LogP contribution < -0.4 is 9.47 Å². The number of aliphatic carboxylic acids is 2. The van der Waals surface area contributed by atoms with Crippen LogP contribution >= 0.6 is 11.8 Å². The quantitative estimate of drug-likeness (QED) is 0.239. The van der Waals surface area contributed by atoms with Gasteiger partial charge in [-0.05, 0) is 50.4 Å². The number of thioether (sulfide) groups is 1. The van der Waals surface area contributed by atoms with Gasteiger partial charge in [-0.15, -0.1) is 11.8 Å². The SMILES string of the molecule is CCCCCCCSc1cc(OC)c(CCN(C)C)cc1OC.O=C(O)/C=C/C(=O)O. The molecular formula is C23H37NO6S. The first-order chi connectivity index (χ1) is 14.7. The van der Waals surface area contributed by atoms with E-state index >= 15 is 0 Å². The highest BCUT2D eigenvalue weighted by molar-refractivity contribution is 7.99. The van der Waals surface area contributed by atoms with Crippen LogP contribution in [0, 0.1) is 0 Å². The highest BCUT2D eigenvalue weighted by atomic mass is 32.2. The molecule has 7 nitrogen and oxygen atoms in total. The summed E-state index contributed by atoms with van der Waals surface area (Å²) in [5.74, 6) is 0.569. The normalized spacial score (nSPS) is 10.6. The van der Waals surface area contributed by atoms with Gasteiger partial charge in [0.2, 0.25) is 0 Å². The number of unbranched alkanes of at least 4 members (excludes halogenated alkanes) is 4. The van der Waals surface area contributed by atoms with Crippen molar-refractivity contribution in [2.45, 2.75) is 50.3 Å². The van der Waals surface area contributed by atoms with E-state index in [0.29, 0.717) is 12.2 Å². The largest absolute Gasteiger partial charge is 0.496 e. The molecule has 176 valence electrons. The second-order valence-corrected chi connectivity index (χ2v) is 8.28. The van der Waals surface area contributed by atoms with E-state index in [1.165, 1.54) is 42.6 Å². The minimum absolute atomic E-state index is 0.558. The molecule has 0 heterocycles. The van der Waals surface area contributed by atoms with Crippen molar-refractivity contribution in [3.8, 4) is 11.5 Å². The van der Waals surface area contributed by atoms with Gasteiger partial charge in [-0.1, -0.05) is 32.6 Å². The minimum Gasteiger partial charge on any atom is -0.496 e. The van der Waals surface area contributed by atoms with Gasteiger partial charge in [0.15, 0.2) is 0 Å². The maximum atomic E-state index is 9.55. The van der Waals surface area contributed by atoms with Gasteiger partial charge >= 0.3 is 11.9 Å². The highest BCUT2D eigenvalue weighted by Crippen LogP contribution is 2.36. The Morgan fingerprint density at radius 1 is 0.968 bits per heavy atom. The number of carboxylic acids is 2. The summed E-state index contributed by atoms with van der Waals surface area (Å²) < 4.78 is 11.2. The topological polar surface area (TPSA) is 96.3 Å². The molecule has 2 N–H and O–H groups in total. The Morgan fingerprint density at radius 3 is 2.03 bits per heavy atom. The summed E-state index contributed by atoms with van der Waals surface area (Å²) in [5.41, 5.74) is 1.21. The third-order valence-corrected chi connectivity index (χ3v) is 5.39. The molecule has 0 radical (unpaired) electrons. The van der Waals surface area contributed by atoms with Gasteiger partial charge < -0.3 is 24.6 Å². The molecule has 31 heavy (non-hydrogen) atoms. The summed E-state index contributed by atoms with van der Waals surface area (Å²) in [4.78, 5) is 22.5. The Hall–Kier alpha value is -2.19. The number of likely N-dealkylation sites (N-methyl/N-ethyl adjacent to an activating group) is 1. The van der Waals surface area contributed by atoms with Crippen LogP contribution in [0.5, 0.6) is 11.5 Å². The molecule has 0 fully saturated rings. The standard InChI is InChI=1S/C19H33NO2S.C4H4O4/c1-6-7-8-9-10-13-23-19-15-17(21-4)16(11-12-20(2)3)14-18(19)22-5;5-3(6)1-2-4(7)8/h14-15H,6-13H2,1-5H3;1-2H,(H,5,6)(H,7,8)/b;2-1+. The first-order valence-corrected chi connectivity index (χ1v) is 11.4. The second kappa shape index (κ2) is 17.5. The van der Waals surface area contributed by atoms with Crippen molar-refractivity contribution in [3.63, 3.8) is 0 Å². The molecule has 1 rings (SSSR count). The number of nitrogens with zero attached hydrogens (tertiary/aromatic N) is 1. The van der Waals surface area contributed by atoms with Gasteiger partial charge in [0.05, 0.1) is 19.1 Å². The van der Waals surface area contributed by atoms with E-state index in [1.807, 2.05) is 11.8 Å². The van der Waals surface area contributed by atoms with Crippen molar-refractivity contribution in [1.82, 2.24) is 4.90 Å². The van der Waals surface area contributed by atoms with Gasteiger partial charge in [-0.2, -0.15) is 0 Å². The lowest BCUT2D eigenvalue weighted by Gasteiger charge is -2.16. The Morgan fingerprint density at radius 2 is 1.55 bits per heavy atom. The monoisotopic (exact) mass is 455 g/mol. The van der Waals surface area contributed by atoms with Crippen molar-refractivity contribution in [3.05, 3.63) is 29.8 Å². The molecule has 0 aliphatic rings. The molecule has 0 bridgehead atoms. The summed E-state index contributed by atoms with van der Waals surface area (Å²) >= 11 is 1.88. The fourth-order valence-electron chi connectivity index (χ4n) is 2.62. The zero-order valence-corrected chi connectivity index (χ0v) is 20.2. The Balaban J connectivity index is 0.000000954. The molecule has 0 saturated carbocycles. The van der Waals surface area contributed by atoms with Gasteiger partial charge in [0.25, 0.3) is 0 Å². The van der Waals surface area contributed by atoms with Gasteiger partial charge in [-0.25, -0.2) is 9.59 Å². The van der Waals surface area contributed by atoms with Crippen molar-refractivity contribution in [2.75, 3.05) is 40.6 Å². The third kappa shape index (κ3) is 14.4. The van der Waals surface area contributed by atoms with E-state index in [-0.39, 0.29) is 0 Å². The summed E-state index contributed by atoms with van der Waals surface area (Å²) in [7, 11) is 7.68. The van der Waals surface area contributed by atoms with E-state index in [0.717, 1.165) is 30.2 Å². The van der Waals surface area contributed by atoms with Crippen LogP contribution in [0.1, 0.15) is 44.6 Å². The number of ether oxygens (including phenoxy) is 2. The summed E-state index contributed by atoms with van der Waals surface area (Å²) in [6.45, 7) is 3.26. The van der Waals surface area contributed by atoms with Crippen LogP contribution in [0.4, 0.5) is 0 Å². The van der Waals surface area contributed by atoms with Crippen LogP contribution in [0.2, 0.25) is 0 Å². The summed E-state index contributed by atoms with van der Waals surface area (Å²) in [6.07, 6.45) is 8.66. The molecule has 1 aromatic carbocycles. The maximum absolute atomic E-state index is 9.55. The zero-order chi connectivity index (χ0) is 23.6. The molecule has 0 atom stereocenters. The number of benzene rings is 1. The van der Waals surface area contributed by atoms with Crippen LogP contribution in [-0.4, -0.2) is 67.7 Å². The number of carboxylic acid groups (broad SMARTS) is 2. The molecule has 0 saturated heterocycles. The predicted molar refractivity (Wildman–Crippen MR) is 126 cm³/mol. The molecule has 0 unspecified atom stereocenters. The second-order valence-electron chi connectivity index (χ2n) is 7.14. The lowest BCUT2D eigenvalue weighted by Crippen LogP contribution is -2.15. The molecule has 1 aromatic rings. The lowest BCUT2D eigenvalue weighted by molar-refractivity contribution is -0.134. The summed E-state index contributed by atoms with van der Waals surface area (Å²) in [6, 6.07) is 4.28. The molecule has 0 aliphatic heterocycles. The first-order valence-electron chi connectivity index (χ1n) is 10.4. The van der Waals surface area contributed by atoms with E-state index in [9.17, 15) is 9.59 Å². The van der Waals surface area contributed by atoms with E-state index in [4.69, 9.17) is 19.7 Å². The average Bonchev–Trinajstić information content (AvgIpc) is 2.73. The number of hydrogen-bond donors (Lipinski definition) is 2.